The summed E-state index contributed by atoms with van der Waals surface area (Å²) in [6.07, 6.45) is 0. The molecule has 120 valence electrons. The Balaban J connectivity index is 2.07. The van der Waals surface area contributed by atoms with Crippen molar-refractivity contribution in [3.05, 3.63) is 53.6 Å². The molecule has 0 saturated heterocycles. The van der Waals surface area contributed by atoms with Crippen LogP contribution in [0.1, 0.15) is 29.8 Å². The second-order valence-electron chi connectivity index (χ2n) is 4.80. The highest BCUT2D eigenvalue weighted by Gasteiger charge is 2.08. The summed E-state index contributed by atoms with van der Waals surface area (Å²) in [4.78, 5) is 12.0. The van der Waals surface area contributed by atoms with Crippen LogP contribution in [0.15, 0.2) is 47.6 Å². The Labute approximate surface area is 134 Å². The van der Waals surface area contributed by atoms with E-state index in [4.69, 9.17) is 4.74 Å². The number of rotatable bonds is 5. The minimum atomic E-state index is -0.370. The van der Waals surface area contributed by atoms with Gasteiger partial charge in [-0.05, 0) is 50.2 Å². The van der Waals surface area contributed by atoms with Crippen LogP contribution in [0.25, 0.3) is 0 Å². The maximum absolute atomic E-state index is 12.0. The molecule has 0 bridgehead atoms. The smallest absolute Gasteiger partial charge is 0.271 e. The van der Waals surface area contributed by atoms with E-state index in [-0.39, 0.29) is 17.4 Å². The first-order chi connectivity index (χ1) is 11.0. The lowest BCUT2D eigenvalue weighted by molar-refractivity contribution is 0.0954. The molecule has 0 fully saturated rings. The van der Waals surface area contributed by atoms with Crippen LogP contribution in [0.3, 0.4) is 0 Å². The van der Waals surface area contributed by atoms with Crippen LogP contribution >= 0.6 is 0 Å². The summed E-state index contributed by atoms with van der Waals surface area (Å²) in [6, 6.07) is 10.9. The van der Waals surface area contributed by atoms with Crippen LogP contribution in [0, 0.1) is 0 Å². The standard InChI is InChI=1S/C17H18N2O4/c1-3-23-14-7-4-12(5-8-14)17(22)19-18-11(2)15-9-6-13(20)10-16(15)21/h4-10,20-21H,3H2,1-2H3,(H,19,22)/b18-11+. The Kier molecular flexibility index (Phi) is 5.19. The molecule has 0 unspecified atom stereocenters. The highest BCUT2D eigenvalue weighted by molar-refractivity contribution is 6.02. The van der Waals surface area contributed by atoms with Gasteiger partial charge in [-0.1, -0.05) is 0 Å². The molecule has 0 spiro atoms. The van der Waals surface area contributed by atoms with Gasteiger partial charge in [-0.15, -0.1) is 0 Å². The van der Waals surface area contributed by atoms with Crippen molar-refractivity contribution in [2.24, 2.45) is 5.10 Å². The third-order valence-corrected chi connectivity index (χ3v) is 3.12. The normalized spacial score (nSPS) is 11.1. The maximum Gasteiger partial charge on any atom is 0.271 e. The van der Waals surface area contributed by atoms with Gasteiger partial charge >= 0.3 is 0 Å². The topological polar surface area (TPSA) is 91.2 Å². The molecule has 6 nitrogen and oxygen atoms in total. The number of hydrazone groups is 1. The fraction of sp³-hybridized carbons (Fsp3) is 0.176. The lowest BCUT2D eigenvalue weighted by Gasteiger charge is -2.06. The number of carbonyl (C=O) groups is 1. The number of benzene rings is 2. The first-order valence-electron chi connectivity index (χ1n) is 7.11. The number of nitrogens with zero attached hydrogens (tertiary/aromatic N) is 1. The summed E-state index contributed by atoms with van der Waals surface area (Å²) >= 11 is 0. The van der Waals surface area contributed by atoms with Crippen molar-refractivity contribution in [1.82, 2.24) is 5.43 Å². The molecule has 0 aliphatic heterocycles. The minimum absolute atomic E-state index is 0.0440. The Morgan fingerprint density at radius 2 is 1.87 bits per heavy atom. The van der Waals surface area contributed by atoms with Crippen LogP contribution in [-0.2, 0) is 0 Å². The van der Waals surface area contributed by atoms with Gasteiger partial charge in [0.25, 0.3) is 5.91 Å². The van der Waals surface area contributed by atoms with E-state index in [0.717, 1.165) is 0 Å². The van der Waals surface area contributed by atoms with Crippen molar-refractivity contribution in [3.63, 3.8) is 0 Å². The molecule has 6 heteroatoms. The highest BCUT2D eigenvalue weighted by atomic mass is 16.5. The van der Waals surface area contributed by atoms with Crippen LogP contribution in [0.2, 0.25) is 0 Å². The number of hydrogen-bond acceptors (Lipinski definition) is 5. The SMILES string of the molecule is CCOc1ccc(C(=O)N/N=C(\C)c2ccc(O)cc2O)cc1. The zero-order valence-corrected chi connectivity index (χ0v) is 12.9. The molecule has 1 amide bonds. The zero-order chi connectivity index (χ0) is 16.8. The van der Waals surface area contributed by atoms with Gasteiger partial charge in [-0.25, -0.2) is 5.43 Å². The van der Waals surface area contributed by atoms with Gasteiger partial charge in [-0.3, -0.25) is 4.79 Å². The van der Waals surface area contributed by atoms with Crippen LogP contribution < -0.4 is 10.2 Å². The molecule has 0 radical (unpaired) electrons. The fourth-order valence-electron chi connectivity index (χ4n) is 1.95. The average Bonchev–Trinajstić information content (AvgIpc) is 2.53. The van der Waals surface area contributed by atoms with Gasteiger partial charge in [0.15, 0.2) is 0 Å². The third kappa shape index (κ3) is 4.23. The van der Waals surface area contributed by atoms with Gasteiger partial charge < -0.3 is 14.9 Å². The van der Waals surface area contributed by atoms with Crippen molar-refractivity contribution >= 4 is 11.6 Å². The first-order valence-corrected chi connectivity index (χ1v) is 7.11. The molecule has 0 aliphatic rings. The van der Waals surface area contributed by atoms with E-state index < -0.39 is 0 Å². The van der Waals surface area contributed by atoms with Gasteiger partial charge in [0.05, 0.1) is 12.3 Å². The Hall–Kier alpha value is -3.02. The quantitative estimate of drug-likeness (QED) is 0.584. The summed E-state index contributed by atoms with van der Waals surface area (Å²) < 4.78 is 5.31. The van der Waals surface area contributed by atoms with Crippen LogP contribution in [-0.4, -0.2) is 28.4 Å². The average molecular weight is 314 g/mol. The first kappa shape index (κ1) is 16.4. The predicted molar refractivity (Wildman–Crippen MR) is 87.1 cm³/mol. The van der Waals surface area contributed by atoms with Crippen molar-refractivity contribution in [3.8, 4) is 17.2 Å². The molecular formula is C17H18N2O4. The van der Waals surface area contributed by atoms with E-state index in [2.05, 4.69) is 10.5 Å². The van der Waals surface area contributed by atoms with E-state index in [0.29, 0.717) is 29.2 Å². The summed E-state index contributed by atoms with van der Waals surface area (Å²) in [5.41, 5.74) is 3.71. The van der Waals surface area contributed by atoms with Crippen molar-refractivity contribution in [2.75, 3.05) is 6.61 Å². The van der Waals surface area contributed by atoms with E-state index in [1.807, 2.05) is 6.92 Å². The van der Waals surface area contributed by atoms with Crippen LogP contribution in [0.4, 0.5) is 0 Å². The number of phenols is 2. The number of hydrogen-bond donors (Lipinski definition) is 3. The fourth-order valence-corrected chi connectivity index (χ4v) is 1.95. The Bertz CT molecular complexity index is 724. The van der Waals surface area contributed by atoms with Gasteiger partial charge in [0, 0.05) is 17.2 Å². The Morgan fingerprint density at radius 1 is 1.17 bits per heavy atom. The number of phenolic OH excluding ortho intramolecular Hbond substituents is 2. The van der Waals surface area contributed by atoms with E-state index in [9.17, 15) is 15.0 Å². The number of carbonyl (C=O) groups excluding carboxylic acids is 1. The number of aromatic hydroxyl groups is 2. The minimum Gasteiger partial charge on any atom is -0.508 e. The molecule has 0 aliphatic carbocycles. The predicted octanol–water partition coefficient (Wildman–Crippen LogP) is 2.65. The Morgan fingerprint density at radius 3 is 2.48 bits per heavy atom. The van der Waals surface area contributed by atoms with Gasteiger partial charge in [0.1, 0.15) is 17.2 Å². The number of amides is 1. The molecule has 2 aromatic carbocycles. The monoisotopic (exact) mass is 314 g/mol. The van der Waals surface area contributed by atoms with Crippen molar-refractivity contribution < 1.29 is 19.7 Å². The second-order valence-corrected chi connectivity index (χ2v) is 4.80. The van der Waals surface area contributed by atoms with E-state index in [1.165, 1.54) is 18.2 Å². The lowest BCUT2D eigenvalue weighted by atomic mass is 10.1. The van der Waals surface area contributed by atoms with Crippen molar-refractivity contribution in [2.45, 2.75) is 13.8 Å². The van der Waals surface area contributed by atoms with Gasteiger partial charge in [0.2, 0.25) is 0 Å². The summed E-state index contributed by atoms with van der Waals surface area (Å²) in [7, 11) is 0. The largest absolute Gasteiger partial charge is 0.508 e. The van der Waals surface area contributed by atoms with E-state index >= 15 is 0 Å². The molecule has 0 saturated carbocycles. The highest BCUT2D eigenvalue weighted by Crippen LogP contribution is 2.23. The maximum atomic E-state index is 12.0. The molecule has 2 rings (SSSR count). The molecular weight excluding hydrogens is 296 g/mol. The summed E-state index contributed by atoms with van der Waals surface area (Å²) in [6.45, 7) is 4.09. The van der Waals surface area contributed by atoms with Gasteiger partial charge in [-0.2, -0.15) is 5.10 Å². The zero-order valence-electron chi connectivity index (χ0n) is 12.9. The number of nitrogens with one attached hydrogen (secondary N) is 1. The lowest BCUT2D eigenvalue weighted by Crippen LogP contribution is -2.19. The second kappa shape index (κ2) is 7.31. The summed E-state index contributed by atoms with van der Waals surface area (Å²) in [5, 5.41) is 23.0. The van der Waals surface area contributed by atoms with E-state index in [1.54, 1.807) is 31.2 Å². The molecule has 0 atom stereocenters. The van der Waals surface area contributed by atoms with Crippen LogP contribution in [0.5, 0.6) is 17.2 Å². The molecule has 3 N–H and O–H groups in total. The molecule has 0 heterocycles. The molecule has 23 heavy (non-hydrogen) atoms. The third-order valence-electron chi connectivity index (χ3n) is 3.12. The molecule has 0 aromatic heterocycles. The molecule has 2 aromatic rings. The van der Waals surface area contributed by atoms with Crippen molar-refractivity contribution in [1.29, 1.82) is 0 Å². The summed E-state index contributed by atoms with van der Waals surface area (Å²) in [5.74, 6) is 0.169. The number of ether oxygens (including phenoxy) is 1.